The zero-order valence-electron chi connectivity index (χ0n) is 16.5. The van der Waals surface area contributed by atoms with Gasteiger partial charge in [-0.2, -0.15) is 5.01 Å². The molecule has 32 heavy (non-hydrogen) atoms. The molecular weight excluding hydrogens is 452 g/mol. The van der Waals surface area contributed by atoms with Gasteiger partial charge in [0.25, 0.3) is 11.6 Å². The molecule has 162 valence electrons. The third-order valence-corrected chi connectivity index (χ3v) is 6.30. The van der Waals surface area contributed by atoms with E-state index in [9.17, 15) is 24.5 Å². The summed E-state index contributed by atoms with van der Waals surface area (Å²) in [5, 5.41) is 12.2. The highest BCUT2D eigenvalue weighted by Crippen LogP contribution is 2.33. The number of nitro groups is 1. The molecule has 1 unspecified atom stereocenters. The van der Waals surface area contributed by atoms with Gasteiger partial charge in [0.15, 0.2) is 4.32 Å². The number of anilines is 1. The Morgan fingerprint density at radius 3 is 2.56 bits per heavy atom. The fraction of sp³-hybridized carbons (Fsp3) is 0.143. The monoisotopic (exact) mass is 468 g/mol. The minimum absolute atomic E-state index is 0.0154. The lowest BCUT2D eigenvalue weighted by Gasteiger charge is -2.19. The quantitative estimate of drug-likeness (QED) is 0.311. The van der Waals surface area contributed by atoms with Crippen LogP contribution in [0.15, 0.2) is 59.5 Å². The minimum atomic E-state index is -0.647. The largest absolute Gasteiger partial charge is 0.312 e. The molecule has 2 aliphatic heterocycles. The second kappa shape index (κ2) is 8.89. The third-order valence-electron chi connectivity index (χ3n) is 5.00. The van der Waals surface area contributed by atoms with Gasteiger partial charge in [-0.15, -0.1) is 0 Å². The molecule has 0 aliphatic carbocycles. The average Bonchev–Trinajstić information content (AvgIpc) is 3.29. The summed E-state index contributed by atoms with van der Waals surface area (Å²) in [7, 11) is 0. The summed E-state index contributed by atoms with van der Waals surface area (Å²) >= 11 is 6.15. The van der Waals surface area contributed by atoms with Gasteiger partial charge in [0.1, 0.15) is 0 Å². The first-order valence-corrected chi connectivity index (χ1v) is 10.7. The van der Waals surface area contributed by atoms with E-state index in [1.807, 2.05) is 6.07 Å². The lowest BCUT2D eigenvalue weighted by molar-refractivity contribution is -0.385. The molecule has 0 aromatic heterocycles. The van der Waals surface area contributed by atoms with Crippen molar-refractivity contribution in [2.24, 2.45) is 5.92 Å². The molecule has 3 amide bonds. The standard InChI is InChI=1S/C21H16N4O5S2/c26-18-11-14(12-23(18)15-7-2-1-3-8-15)19(27)22-24-20(28)17(32-21(24)31)10-13-6-4-5-9-16(13)25(29)30/h1-10,14H,11-12H2,(H,22,27). The Morgan fingerprint density at radius 2 is 1.84 bits per heavy atom. The van der Waals surface area contributed by atoms with Crippen LogP contribution in [-0.2, 0) is 14.4 Å². The molecule has 11 heteroatoms. The van der Waals surface area contributed by atoms with E-state index in [-0.39, 0.29) is 39.3 Å². The van der Waals surface area contributed by atoms with Crippen molar-refractivity contribution < 1.29 is 19.3 Å². The van der Waals surface area contributed by atoms with Gasteiger partial charge in [-0.25, -0.2) is 0 Å². The number of hydrogen-bond acceptors (Lipinski definition) is 7. The summed E-state index contributed by atoms with van der Waals surface area (Å²) in [5.41, 5.74) is 3.30. The van der Waals surface area contributed by atoms with E-state index in [0.717, 1.165) is 16.8 Å². The number of hydrazine groups is 1. The van der Waals surface area contributed by atoms with E-state index in [1.165, 1.54) is 29.2 Å². The van der Waals surface area contributed by atoms with Crippen molar-refractivity contribution in [2.75, 3.05) is 11.4 Å². The number of thioether (sulfide) groups is 1. The second-order valence-corrected chi connectivity index (χ2v) is 8.73. The first-order valence-electron chi connectivity index (χ1n) is 9.52. The van der Waals surface area contributed by atoms with Gasteiger partial charge in [-0.3, -0.25) is 29.9 Å². The summed E-state index contributed by atoms with van der Waals surface area (Å²) in [6.45, 7) is 0.190. The number of benzene rings is 2. The highest BCUT2D eigenvalue weighted by atomic mass is 32.2. The van der Waals surface area contributed by atoms with Crippen molar-refractivity contribution in [3.05, 3.63) is 75.2 Å². The van der Waals surface area contributed by atoms with Crippen molar-refractivity contribution >= 4 is 63.5 Å². The van der Waals surface area contributed by atoms with Gasteiger partial charge in [0.2, 0.25) is 11.8 Å². The summed E-state index contributed by atoms with van der Waals surface area (Å²) in [4.78, 5) is 50.3. The van der Waals surface area contributed by atoms with E-state index >= 15 is 0 Å². The van der Waals surface area contributed by atoms with Crippen LogP contribution in [0.3, 0.4) is 0 Å². The molecule has 0 saturated carbocycles. The predicted molar refractivity (Wildman–Crippen MR) is 123 cm³/mol. The highest BCUT2D eigenvalue weighted by Gasteiger charge is 2.39. The molecule has 2 aliphatic rings. The summed E-state index contributed by atoms with van der Waals surface area (Å²) in [6, 6.07) is 15.0. The predicted octanol–water partition coefficient (Wildman–Crippen LogP) is 2.88. The third kappa shape index (κ3) is 4.25. The molecule has 2 saturated heterocycles. The molecule has 0 radical (unpaired) electrons. The zero-order chi connectivity index (χ0) is 22.8. The number of para-hydroxylation sites is 2. The van der Waals surface area contributed by atoms with Crippen LogP contribution in [0.5, 0.6) is 0 Å². The Hall–Kier alpha value is -3.57. The number of thiocarbonyl (C=S) groups is 1. The first kappa shape index (κ1) is 21.7. The van der Waals surface area contributed by atoms with E-state index in [4.69, 9.17) is 12.2 Å². The van der Waals surface area contributed by atoms with Crippen molar-refractivity contribution in [3.63, 3.8) is 0 Å². The smallest absolute Gasteiger partial charge is 0.285 e. The highest BCUT2D eigenvalue weighted by molar-refractivity contribution is 8.26. The van der Waals surface area contributed by atoms with Gasteiger partial charge in [0.05, 0.1) is 21.3 Å². The van der Waals surface area contributed by atoms with Crippen LogP contribution >= 0.6 is 24.0 Å². The van der Waals surface area contributed by atoms with E-state index in [2.05, 4.69) is 5.43 Å². The van der Waals surface area contributed by atoms with Crippen molar-refractivity contribution in [2.45, 2.75) is 6.42 Å². The second-order valence-electron chi connectivity index (χ2n) is 7.05. The molecular formula is C21H16N4O5S2. The number of nitrogens with one attached hydrogen (secondary N) is 1. The maximum Gasteiger partial charge on any atom is 0.285 e. The molecule has 1 N–H and O–H groups in total. The number of carbonyl (C=O) groups excluding carboxylic acids is 3. The van der Waals surface area contributed by atoms with Gasteiger partial charge in [0, 0.05) is 24.7 Å². The molecule has 2 aromatic rings. The molecule has 1 atom stereocenters. The number of nitrogens with zero attached hydrogens (tertiary/aromatic N) is 3. The molecule has 2 heterocycles. The van der Waals surface area contributed by atoms with Crippen LogP contribution in [0.25, 0.3) is 6.08 Å². The molecule has 0 spiro atoms. The zero-order valence-corrected chi connectivity index (χ0v) is 18.1. The van der Waals surface area contributed by atoms with Gasteiger partial charge in [-0.05, 0) is 36.5 Å². The number of nitro benzene ring substituents is 1. The van der Waals surface area contributed by atoms with Crippen LogP contribution in [0, 0.1) is 16.0 Å². The Morgan fingerprint density at radius 1 is 1.16 bits per heavy atom. The van der Waals surface area contributed by atoms with Crippen molar-refractivity contribution in [1.82, 2.24) is 10.4 Å². The van der Waals surface area contributed by atoms with Crippen LogP contribution in [-0.4, -0.2) is 38.5 Å². The Kier molecular flexibility index (Phi) is 6.01. The van der Waals surface area contributed by atoms with Crippen molar-refractivity contribution in [1.29, 1.82) is 0 Å². The first-order chi connectivity index (χ1) is 15.3. The number of amides is 3. The fourth-order valence-corrected chi connectivity index (χ4v) is 4.59. The van der Waals surface area contributed by atoms with Crippen LogP contribution in [0.4, 0.5) is 11.4 Å². The van der Waals surface area contributed by atoms with E-state index in [1.54, 1.807) is 30.3 Å². The Labute approximate surface area is 192 Å². The maximum absolute atomic E-state index is 12.8. The van der Waals surface area contributed by atoms with Gasteiger partial charge in [-0.1, -0.05) is 42.1 Å². The normalized spacial score (nSPS) is 19.7. The summed E-state index contributed by atoms with van der Waals surface area (Å²) in [5.74, 6) is -1.92. The number of rotatable bonds is 5. The van der Waals surface area contributed by atoms with Gasteiger partial charge >= 0.3 is 0 Å². The number of hydrogen-bond donors (Lipinski definition) is 1. The van der Waals surface area contributed by atoms with E-state index in [0.29, 0.717) is 5.69 Å². The molecule has 0 bridgehead atoms. The lowest BCUT2D eigenvalue weighted by Crippen LogP contribution is -2.47. The molecule has 4 rings (SSSR count). The van der Waals surface area contributed by atoms with E-state index < -0.39 is 22.7 Å². The lowest BCUT2D eigenvalue weighted by atomic mass is 10.1. The molecule has 2 fully saturated rings. The Balaban J connectivity index is 1.47. The molecule has 9 nitrogen and oxygen atoms in total. The number of carbonyl (C=O) groups is 3. The van der Waals surface area contributed by atoms with Crippen molar-refractivity contribution in [3.8, 4) is 0 Å². The minimum Gasteiger partial charge on any atom is -0.312 e. The fourth-order valence-electron chi connectivity index (χ4n) is 3.42. The van der Waals surface area contributed by atoms with Crippen LogP contribution in [0.2, 0.25) is 0 Å². The summed E-state index contributed by atoms with van der Waals surface area (Å²) < 4.78 is 0.0948. The van der Waals surface area contributed by atoms with Gasteiger partial charge < -0.3 is 4.90 Å². The maximum atomic E-state index is 12.8. The SMILES string of the molecule is O=C(NN1C(=O)C(=Cc2ccccc2[N+](=O)[O-])SC1=S)C1CC(=O)N(c2ccccc2)C1. The topological polar surface area (TPSA) is 113 Å². The summed E-state index contributed by atoms with van der Waals surface area (Å²) in [6.07, 6.45) is 1.39. The average molecular weight is 469 g/mol. The molecule has 2 aromatic carbocycles. The van der Waals surface area contributed by atoms with Crippen LogP contribution in [0.1, 0.15) is 12.0 Å². The Bertz CT molecular complexity index is 1170. The van der Waals surface area contributed by atoms with Crippen LogP contribution < -0.4 is 10.3 Å².